The van der Waals surface area contributed by atoms with Crippen molar-refractivity contribution in [3.05, 3.63) is 90.0 Å². The van der Waals surface area contributed by atoms with Crippen molar-refractivity contribution in [2.24, 2.45) is 0 Å². The minimum atomic E-state index is -0.621. The van der Waals surface area contributed by atoms with E-state index in [1.54, 1.807) is 18.2 Å². The van der Waals surface area contributed by atoms with E-state index in [9.17, 15) is 9.59 Å². The average Bonchev–Trinajstić information content (AvgIpc) is 2.86. The first-order valence-corrected chi connectivity index (χ1v) is 10.7. The normalized spacial score (nSPS) is 10.2. The average molecular weight is 450 g/mol. The van der Waals surface area contributed by atoms with Crippen molar-refractivity contribution in [2.45, 2.75) is 13.5 Å². The van der Waals surface area contributed by atoms with Gasteiger partial charge in [-0.25, -0.2) is 4.79 Å². The molecule has 0 heterocycles. The fraction of sp³-hybridized carbons (Fsp3) is 0.231. The van der Waals surface area contributed by atoms with Gasteiger partial charge in [-0.1, -0.05) is 48.5 Å². The van der Waals surface area contributed by atoms with Gasteiger partial charge in [-0.05, 0) is 42.8 Å². The monoisotopic (exact) mass is 449 g/mol. The molecular weight excluding hydrogens is 422 g/mol. The zero-order valence-electron chi connectivity index (χ0n) is 18.5. The first-order chi connectivity index (χ1) is 16.2. The zero-order chi connectivity index (χ0) is 23.3. The number of carbonyl (C=O) groups is 2. The molecule has 0 spiro atoms. The smallest absolute Gasteiger partial charge is 0.338 e. The highest BCUT2D eigenvalue weighted by Crippen LogP contribution is 2.29. The number of nitrogens with one attached hydrogen (secondary N) is 1. The van der Waals surface area contributed by atoms with Crippen LogP contribution in [0.25, 0.3) is 0 Å². The van der Waals surface area contributed by atoms with Gasteiger partial charge in [-0.2, -0.15) is 0 Å². The van der Waals surface area contributed by atoms with Crippen LogP contribution in [0, 0.1) is 0 Å². The Morgan fingerprint density at radius 1 is 0.788 bits per heavy atom. The minimum Gasteiger partial charge on any atom is -0.490 e. The Morgan fingerprint density at radius 2 is 1.48 bits per heavy atom. The van der Waals surface area contributed by atoms with Gasteiger partial charge in [0.05, 0.1) is 12.2 Å². The predicted octanol–water partition coefficient (Wildman–Crippen LogP) is 4.02. The van der Waals surface area contributed by atoms with Gasteiger partial charge in [0.15, 0.2) is 18.1 Å². The van der Waals surface area contributed by atoms with Gasteiger partial charge >= 0.3 is 5.97 Å². The molecule has 172 valence electrons. The summed E-state index contributed by atoms with van der Waals surface area (Å²) < 4.78 is 22.1. The molecule has 1 N–H and O–H groups in total. The van der Waals surface area contributed by atoms with Crippen molar-refractivity contribution in [2.75, 3.05) is 26.4 Å². The molecular formula is C26H27NO6. The fourth-order valence-electron chi connectivity index (χ4n) is 2.91. The minimum absolute atomic E-state index is 0.266. The summed E-state index contributed by atoms with van der Waals surface area (Å²) in [5.74, 6) is 0.670. The third-order valence-corrected chi connectivity index (χ3v) is 4.50. The van der Waals surface area contributed by atoms with E-state index in [1.165, 1.54) is 0 Å². The highest BCUT2D eigenvalue weighted by molar-refractivity contribution is 5.92. The van der Waals surface area contributed by atoms with Crippen molar-refractivity contribution in [1.29, 1.82) is 0 Å². The number of benzene rings is 3. The van der Waals surface area contributed by atoms with E-state index in [4.69, 9.17) is 18.9 Å². The molecule has 0 radical (unpaired) electrons. The maximum Gasteiger partial charge on any atom is 0.338 e. The number of hydrogen-bond acceptors (Lipinski definition) is 6. The highest BCUT2D eigenvalue weighted by atomic mass is 16.5. The van der Waals surface area contributed by atoms with Crippen molar-refractivity contribution >= 4 is 11.9 Å². The van der Waals surface area contributed by atoms with Crippen LogP contribution in [0.1, 0.15) is 22.8 Å². The summed E-state index contributed by atoms with van der Waals surface area (Å²) in [5.41, 5.74) is 1.23. The molecule has 1 amide bonds. The van der Waals surface area contributed by atoms with Gasteiger partial charge < -0.3 is 24.3 Å². The molecule has 0 atom stereocenters. The highest BCUT2D eigenvalue weighted by Gasteiger charge is 2.14. The van der Waals surface area contributed by atoms with Gasteiger partial charge in [0.25, 0.3) is 5.91 Å². The maximum atomic E-state index is 12.4. The lowest BCUT2D eigenvalue weighted by Crippen LogP contribution is -2.28. The van der Waals surface area contributed by atoms with E-state index in [1.807, 2.05) is 67.6 Å². The molecule has 0 saturated carbocycles. The van der Waals surface area contributed by atoms with E-state index in [-0.39, 0.29) is 18.1 Å². The van der Waals surface area contributed by atoms with Gasteiger partial charge in [-0.15, -0.1) is 0 Å². The molecule has 7 nitrogen and oxygen atoms in total. The van der Waals surface area contributed by atoms with Crippen LogP contribution in [0.4, 0.5) is 0 Å². The standard InChI is InChI=1S/C26H27NO6/c1-2-30-24-17-21(13-14-23(24)32-16-15-31-22-11-7-4-8-12-22)26(29)33-19-25(28)27-18-20-9-5-3-6-10-20/h3-14,17H,2,15-16,18-19H2,1H3,(H,27,28). The van der Waals surface area contributed by atoms with E-state index < -0.39 is 5.97 Å². The molecule has 0 saturated heterocycles. The summed E-state index contributed by atoms with van der Waals surface area (Å²) in [6.45, 7) is 2.90. The van der Waals surface area contributed by atoms with Crippen LogP contribution in [0.3, 0.4) is 0 Å². The van der Waals surface area contributed by atoms with Crippen LogP contribution in [-0.4, -0.2) is 38.3 Å². The number of hydrogen-bond donors (Lipinski definition) is 1. The lowest BCUT2D eigenvalue weighted by molar-refractivity contribution is -0.124. The van der Waals surface area contributed by atoms with E-state index in [2.05, 4.69) is 5.32 Å². The molecule has 0 aliphatic carbocycles. The fourth-order valence-corrected chi connectivity index (χ4v) is 2.91. The second-order valence-corrected chi connectivity index (χ2v) is 6.94. The summed E-state index contributed by atoms with van der Waals surface area (Å²) in [5, 5.41) is 2.71. The van der Waals surface area contributed by atoms with Gasteiger partial charge in [0.1, 0.15) is 19.0 Å². The first kappa shape index (κ1) is 23.7. The molecule has 0 fully saturated rings. The Hall–Kier alpha value is -4.00. The van der Waals surface area contributed by atoms with Crippen molar-refractivity contribution in [3.63, 3.8) is 0 Å². The Kier molecular flexibility index (Phi) is 9.15. The Balaban J connectivity index is 1.48. The lowest BCUT2D eigenvalue weighted by atomic mass is 10.2. The van der Waals surface area contributed by atoms with Gasteiger partial charge in [0.2, 0.25) is 0 Å². The third-order valence-electron chi connectivity index (χ3n) is 4.50. The van der Waals surface area contributed by atoms with Crippen LogP contribution < -0.4 is 19.5 Å². The van der Waals surface area contributed by atoms with Crippen molar-refractivity contribution in [1.82, 2.24) is 5.32 Å². The Labute approximate surface area is 193 Å². The zero-order valence-corrected chi connectivity index (χ0v) is 18.5. The molecule has 0 aliphatic rings. The predicted molar refractivity (Wildman–Crippen MR) is 124 cm³/mol. The number of rotatable bonds is 12. The van der Waals surface area contributed by atoms with Gasteiger partial charge in [0, 0.05) is 6.54 Å². The van der Waals surface area contributed by atoms with Crippen molar-refractivity contribution < 1.29 is 28.5 Å². The summed E-state index contributed by atoms with van der Waals surface area (Å²) >= 11 is 0. The lowest BCUT2D eigenvalue weighted by Gasteiger charge is -2.14. The van der Waals surface area contributed by atoms with Gasteiger partial charge in [-0.3, -0.25) is 4.79 Å². The molecule has 3 aromatic rings. The number of carbonyl (C=O) groups excluding carboxylic acids is 2. The van der Waals surface area contributed by atoms with E-state index in [0.717, 1.165) is 11.3 Å². The van der Waals surface area contributed by atoms with Crippen LogP contribution in [0.15, 0.2) is 78.9 Å². The molecule has 0 bridgehead atoms. The number of para-hydroxylation sites is 1. The Bertz CT molecular complexity index is 1020. The molecule has 3 aromatic carbocycles. The second-order valence-electron chi connectivity index (χ2n) is 6.94. The van der Waals surface area contributed by atoms with Crippen molar-refractivity contribution in [3.8, 4) is 17.2 Å². The molecule has 0 aliphatic heterocycles. The molecule has 0 aromatic heterocycles. The number of ether oxygens (including phenoxy) is 4. The summed E-state index contributed by atoms with van der Waals surface area (Å²) in [6, 6.07) is 23.7. The quantitative estimate of drug-likeness (QED) is 0.332. The second kappa shape index (κ2) is 12.8. The van der Waals surface area contributed by atoms with E-state index >= 15 is 0 Å². The molecule has 3 rings (SSSR count). The molecule has 7 heteroatoms. The topological polar surface area (TPSA) is 83.1 Å². The number of amides is 1. The maximum absolute atomic E-state index is 12.4. The van der Waals surface area contributed by atoms with Crippen LogP contribution in [0.5, 0.6) is 17.2 Å². The largest absolute Gasteiger partial charge is 0.490 e. The van der Waals surface area contributed by atoms with Crippen LogP contribution in [0.2, 0.25) is 0 Å². The van der Waals surface area contributed by atoms with Crippen LogP contribution >= 0.6 is 0 Å². The van der Waals surface area contributed by atoms with Crippen LogP contribution in [-0.2, 0) is 16.1 Å². The first-order valence-electron chi connectivity index (χ1n) is 10.7. The number of esters is 1. The Morgan fingerprint density at radius 3 is 2.21 bits per heavy atom. The summed E-state index contributed by atoms with van der Waals surface area (Å²) in [6.07, 6.45) is 0. The molecule has 0 unspecified atom stereocenters. The summed E-state index contributed by atoms with van der Waals surface area (Å²) in [4.78, 5) is 24.4. The molecule has 33 heavy (non-hydrogen) atoms. The SMILES string of the molecule is CCOc1cc(C(=O)OCC(=O)NCc2ccccc2)ccc1OCCOc1ccccc1. The van der Waals surface area contributed by atoms with E-state index in [0.29, 0.717) is 37.9 Å². The summed E-state index contributed by atoms with van der Waals surface area (Å²) in [7, 11) is 0. The third kappa shape index (κ3) is 7.88.